The number of nitrogens with one attached hydrogen (secondary N) is 1. The molecule has 0 atom stereocenters. The summed E-state index contributed by atoms with van der Waals surface area (Å²) in [4.78, 5) is 12.7. The fourth-order valence-corrected chi connectivity index (χ4v) is 3.23. The number of hydrogen-bond acceptors (Lipinski definition) is 2. The van der Waals surface area contributed by atoms with Gasteiger partial charge in [-0.2, -0.15) is 0 Å². The number of carbonyl (C=O) groups is 1. The Bertz CT molecular complexity index is 759. The van der Waals surface area contributed by atoms with Crippen LogP contribution in [0.5, 0.6) is 5.75 Å². The molecule has 0 saturated carbocycles. The molecule has 0 saturated heterocycles. The van der Waals surface area contributed by atoms with Gasteiger partial charge in [-0.15, -0.1) is 0 Å². The van der Waals surface area contributed by atoms with E-state index in [9.17, 15) is 4.79 Å². The van der Waals surface area contributed by atoms with Gasteiger partial charge < -0.3 is 10.1 Å². The lowest BCUT2D eigenvalue weighted by atomic mass is 9.86. The summed E-state index contributed by atoms with van der Waals surface area (Å²) in [6, 6.07) is 14.2. The summed E-state index contributed by atoms with van der Waals surface area (Å²) in [7, 11) is 0. The van der Waals surface area contributed by atoms with E-state index in [0.717, 1.165) is 28.1 Å². The molecule has 0 unspecified atom stereocenters. The first kappa shape index (κ1) is 21.0. The van der Waals surface area contributed by atoms with E-state index in [1.165, 1.54) is 0 Å². The average molecular weight is 368 g/mol. The number of para-hydroxylation sites is 2. The van der Waals surface area contributed by atoms with Crippen LogP contribution < -0.4 is 10.1 Å². The normalized spacial score (nSPS) is 11.7. The minimum atomic E-state index is -0.131. The highest BCUT2D eigenvalue weighted by molar-refractivity contribution is 5.93. The maximum absolute atomic E-state index is 12.7. The van der Waals surface area contributed by atoms with Crippen molar-refractivity contribution >= 4 is 11.6 Å². The molecule has 27 heavy (non-hydrogen) atoms. The van der Waals surface area contributed by atoms with Gasteiger partial charge in [-0.05, 0) is 40.0 Å². The lowest BCUT2D eigenvalue weighted by Crippen LogP contribution is -2.23. The highest BCUT2D eigenvalue weighted by Gasteiger charge is 2.20. The van der Waals surface area contributed by atoms with Crippen LogP contribution in [0.15, 0.2) is 42.5 Å². The van der Waals surface area contributed by atoms with Crippen molar-refractivity contribution in [3.8, 4) is 5.75 Å². The molecular formula is C24H33NO2. The van der Waals surface area contributed by atoms with Gasteiger partial charge in [0.15, 0.2) is 6.61 Å². The Morgan fingerprint density at radius 2 is 1.48 bits per heavy atom. The van der Waals surface area contributed by atoms with E-state index >= 15 is 0 Å². The Labute approximate surface area is 164 Å². The van der Waals surface area contributed by atoms with Gasteiger partial charge in [-0.25, -0.2) is 0 Å². The number of hydrogen-bond donors (Lipinski definition) is 1. The van der Waals surface area contributed by atoms with Crippen LogP contribution in [0.4, 0.5) is 5.69 Å². The van der Waals surface area contributed by atoms with Gasteiger partial charge in [0.1, 0.15) is 5.75 Å². The number of rotatable bonds is 6. The smallest absolute Gasteiger partial charge is 0.262 e. The number of carbonyl (C=O) groups excluding carboxylic acids is 1. The molecule has 1 amide bonds. The molecule has 3 nitrogen and oxygen atoms in total. The van der Waals surface area contributed by atoms with Gasteiger partial charge in [-0.1, -0.05) is 84.9 Å². The van der Waals surface area contributed by atoms with Crippen LogP contribution in [0.25, 0.3) is 0 Å². The molecule has 0 spiro atoms. The van der Waals surface area contributed by atoms with Crippen molar-refractivity contribution in [2.24, 2.45) is 0 Å². The van der Waals surface area contributed by atoms with E-state index < -0.39 is 0 Å². The van der Waals surface area contributed by atoms with E-state index in [1.807, 2.05) is 18.2 Å². The second-order valence-corrected chi connectivity index (χ2v) is 8.70. The standard InChI is InChI=1S/C24H33NO2/c1-16(2)18-11-10-12-19(17(3)4)23(18)25-22(26)15-27-21-14-9-8-13-20(21)24(5,6)7/h8-14,16-17H,15H2,1-7H3,(H,25,26). The Kier molecular flexibility index (Phi) is 6.69. The fraction of sp³-hybridized carbons (Fsp3) is 0.458. The zero-order valence-electron chi connectivity index (χ0n) is 17.7. The monoisotopic (exact) mass is 367 g/mol. The summed E-state index contributed by atoms with van der Waals surface area (Å²) in [5.41, 5.74) is 4.31. The van der Waals surface area contributed by atoms with Crippen molar-refractivity contribution < 1.29 is 9.53 Å². The summed E-state index contributed by atoms with van der Waals surface area (Å²) in [5.74, 6) is 1.30. The highest BCUT2D eigenvalue weighted by atomic mass is 16.5. The first-order valence-corrected chi connectivity index (χ1v) is 9.76. The second kappa shape index (κ2) is 8.60. The van der Waals surface area contributed by atoms with Crippen LogP contribution >= 0.6 is 0 Å². The van der Waals surface area contributed by atoms with Gasteiger partial charge >= 0.3 is 0 Å². The number of benzene rings is 2. The maximum Gasteiger partial charge on any atom is 0.262 e. The van der Waals surface area contributed by atoms with Crippen LogP contribution in [0.2, 0.25) is 0 Å². The highest BCUT2D eigenvalue weighted by Crippen LogP contribution is 2.33. The summed E-state index contributed by atoms with van der Waals surface area (Å²) in [6.45, 7) is 15.0. The molecule has 1 N–H and O–H groups in total. The van der Waals surface area contributed by atoms with Crippen molar-refractivity contribution in [1.29, 1.82) is 0 Å². The van der Waals surface area contributed by atoms with E-state index in [1.54, 1.807) is 0 Å². The molecule has 0 aliphatic rings. The first-order valence-electron chi connectivity index (χ1n) is 9.76. The molecule has 2 aromatic rings. The van der Waals surface area contributed by atoms with Crippen LogP contribution in [0.1, 0.15) is 77.0 Å². The molecule has 3 heteroatoms. The second-order valence-electron chi connectivity index (χ2n) is 8.70. The van der Waals surface area contributed by atoms with Crippen molar-refractivity contribution in [3.05, 3.63) is 59.2 Å². The SMILES string of the molecule is CC(C)c1cccc(C(C)C)c1NC(=O)COc1ccccc1C(C)(C)C. The first-order chi connectivity index (χ1) is 12.6. The van der Waals surface area contributed by atoms with Crippen molar-refractivity contribution in [3.63, 3.8) is 0 Å². The van der Waals surface area contributed by atoms with E-state index in [4.69, 9.17) is 4.74 Å². The number of amides is 1. The summed E-state index contributed by atoms with van der Waals surface area (Å²) >= 11 is 0. The van der Waals surface area contributed by atoms with E-state index in [-0.39, 0.29) is 17.9 Å². The zero-order chi connectivity index (χ0) is 20.2. The molecule has 0 aliphatic heterocycles. The van der Waals surface area contributed by atoms with E-state index in [0.29, 0.717) is 11.8 Å². The minimum absolute atomic E-state index is 0.00292. The zero-order valence-corrected chi connectivity index (χ0v) is 17.7. The molecule has 0 fully saturated rings. The summed E-state index contributed by atoms with van der Waals surface area (Å²) in [6.07, 6.45) is 0. The van der Waals surface area contributed by atoms with Crippen molar-refractivity contribution in [2.75, 3.05) is 11.9 Å². The number of anilines is 1. The van der Waals surface area contributed by atoms with Crippen molar-refractivity contribution in [1.82, 2.24) is 0 Å². The predicted molar refractivity (Wildman–Crippen MR) is 114 cm³/mol. The molecule has 0 heterocycles. The van der Waals surface area contributed by atoms with Crippen LogP contribution in [-0.4, -0.2) is 12.5 Å². The summed E-state index contributed by atoms with van der Waals surface area (Å²) in [5, 5.41) is 3.11. The van der Waals surface area contributed by atoms with Gasteiger partial charge in [0.05, 0.1) is 0 Å². The van der Waals surface area contributed by atoms with Crippen LogP contribution in [0.3, 0.4) is 0 Å². The average Bonchev–Trinajstić information content (AvgIpc) is 2.59. The quantitative estimate of drug-likeness (QED) is 0.655. The molecule has 0 bridgehead atoms. The van der Waals surface area contributed by atoms with Crippen LogP contribution in [-0.2, 0) is 10.2 Å². The lowest BCUT2D eigenvalue weighted by Gasteiger charge is -2.23. The largest absolute Gasteiger partial charge is 0.483 e. The summed E-state index contributed by atoms with van der Waals surface area (Å²) < 4.78 is 5.89. The predicted octanol–water partition coefficient (Wildman–Crippen LogP) is 6.25. The van der Waals surface area contributed by atoms with Crippen LogP contribution in [0, 0.1) is 0 Å². The third kappa shape index (κ3) is 5.35. The van der Waals surface area contributed by atoms with Gasteiger partial charge in [0, 0.05) is 5.69 Å². The Morgan fingerprint density at radius 1 is 0.926 bits per heavy atom. The van der Waals surface area contributed by atoms with Gasteiger partial charge in [0.25, 0.3) is 5.91 Å². The Hall–Kier alpha value is -2.29. The van der Waals surface area contributed by atoms with Gasteiger partial charge in [0.2, 0.25) is 0 Å². The van der Waals surface area contributed by atoms with Crippen molar-refractivity contribution in [2.45, 2.75) is 65.7 Å². The Balaban J connectivity index is 2.19. The fourth-order valence-electron chi connectivity index (χ4n) is 3.23. The van der Waals surface area contributed by atoms with Gasteiger partial charge in [-0.3, -0.25) is 4.79 Å². The topological polar surface area (TPSA) is 38.3 Å². The number of ether oxygens (including phenoxy) is 1. The molecule has 0 radical (unpaired) electrons. The third-order valence-electron chi connectivity index (χ3n) is 4.69. The van der Waals surface area contributed by atoms with E-state index in [2.05, 4.69) is 78.0 Å². The molecule has 0 aliphatic carbocycles. The molecule has 0 aromatic heterocycles. The molecule has 2 aromatic carbocycles. The lowest BCUT2D eigenvalue weighted by molar-refractivity contribution is -0.118. The molecule has 146 valence electrons. The Morgan fingerprint density at radius 3 is 2.00 bits per heavy atom. The maximum atomic E-state index is 12.7. The third-order valence-corrected chi connectivity index (χ3v) is 4.69. The molecule has 2 rings (SSSR count). The molecular weight excluding hydrogens is 334 g/mol. The minimum Gasteiger partial charge on any atom is -0.483 e.